The fraction of sp³-hybridized carbons (Fsp3) is 0.292. The van der Waals surface area contributed by atoms with E-state index in [2.05, 4.69) is 20.9 Å². The molecule has 2 aromatic carbocycles. The zero-order chi connectivity index (χ0) is 23.7. The van der Waals surface area contributed by atoms with Gasteiger partial charge in [0, 0.05) is 51.1 Å². The van der Waals surface area contributed by atoms with E-state index in [1.54, 1.807) is 11.3 Å². The number of benzene rings is 2. The van der Waals surface area contributed by atoms with Gasteiger partial charge in [-0.05, 0) is 24.3 Å². The molecule has 0 unspecified atom stereocenters. The van der Waals surface area contributed by atoms with Crippen molar-refractivity contribution in [3.8, 4) is 0 Å². The number of aromatic nitrogens is 2. The molecular formula is C24H23F2N5OS2. The highest BCUT2D eigenvalue weighted by atomic mass is 32.1. The number of fused-ring (bicyclic) bond motifs is 1. The zero-order valence-electron chi connectivity index (χ0n) is 18.6. The van der Waals surface area contributed by atoms with Crippen molar-refractivity contribution in [2.24, 2.45) is 0 Å². The van der Waals surface area contributed by atoms with Gasteiger partial charge in [0.25, 0.3) is 0 Å². The number of rotatable bonds is 6. The molecule has 0 N–H and O–H groups in total. The molecule has 1 saturated heterocycles. The third-order valence-electron chi connectivity index (χ3n) is 5.74. The Morgan fingerprint density at radius 1 is 1.03 bits per heavy atom. The molecule has 6 nitrogen and oxygen atoms in total. The van der Waals surface area contributed by atoms with E-state index < -0.39 is 11.6 Å². The summed E-state index contributed by atoms with van der Waals surface area (Å²) in [5.74, 6) is -1.86. The maximum absolute atomic E-state index is 14.3. The third kappa shape index (κ3) is 5.00. The molecule has 34 heavy (non-hydrogen) atoms. The van der Waals surface area contributed by atoms with Crippen molar-refractivity contribution in [2.75, 3.05) is 31.1 Å². The molecule has 3 heterocycles. The lowest BCUT2D eigenvalue weighted by atomic mass is 10.2. The summed E-state index contributed by atoms with van der Waals surface area (Å²) in [5.41, 5.74) is 1.88. The van der Waals surface area contributed by atoms with Crippen LogP contribution in [0.4, 0.5) is 19.6 Å². The molecule has 4 aromatic rings. The maximum atomic E-state index is 14.3. The number of anilines is 2. The van der Waals surface area contributed by atoms with E-state index in [4.69, 9.17) is 4.98 Å². The van der Waals surface area contributed by atoms with Crippen molar-refractivity contribution in [1.82, 2.24) is 19.8 Å². The van der Waals surface area contributed by atoms with Gasteiger partial charge in [0.2, 0.25) is 5.91 Å². The molecule has 1 fully saturated rings. The van der Waals surface area contributed by atoms with Gasteiger partial charge in [0.15, 0.2) is 5.13 Å². The Bertz CT molecular complexity index is 1280. The van der Waals surface area contributed by atoms with Crippen molar-refractivity contribution in [2.45, 2.75) is 20.0 Å². The molecule has 2 aromatic heterocycles. The van der Waals surface area contributed by atoms with Crippen molar-refractivity contribution in [3.05, 3.63) is 70.2 Å². The first kappa shape index (κ1) is 23.0. The van der Waals surface area contributed by atoms with Crippen LogP contribution in [0, 0.1) is 11.6 Å². The largest absolute Gasteiger partial charge is 0.295 e. The van der Waals surface area contributed by atoms with Crippen LogP contribution in [0.3, 0.4) is 0 Å². The van der Waals surface area contributed by atoms with E-state index in [-0.39, 0.29) is 11.6 Å². The van der Waals surface area contributed by atoms with Crippen molar-refractivity contribution >= 4 is 49.6 Å². The molecule has 1 aliphatic rings. The average Bonchev–Trinajstić information content (AvgIpc) is 3.43. The highest BCUT2D eigenvalue weighted by molar-refractivity contribution is 7.18. The molecule has 1 amide bonds. The Morgan fingerprint density at radius 2 is 1.76 bits per heavy atom. The number of hydrogen-bond donors (Lipinski definition) is 0. The van der Waals surface area contributed by atoms with Gasteiger partial charge in [0.1, 0.15) is 16.6 Å². The minimum absolute atomic E-state index is 0.00161. The van der Waals surface area contributed by atoms with Gasteiger partial charge in [-0.25, -0.2) is 18.7 Å². The lowest BCUT2D eigenvalue weighted by Gasteiger charge is -2.33. The standard InChI is InChI=1S/C24H23F2N5OS2/c1-16(32)31(21-7-6-17(25)12-19(21)26)24-27-18(15-33-24)13-29-8-10-30(11-9-29)14-23-28-20-4-2-3-5-22(20)34-23/h2-7,12,15H,8-11,13-14H2,1H3. The molecular weight excluding hydrogens is 476 g/mol. The fourth-order valence-corrected chi connectivity index (χ4v) is 5.94. The maximum Gasteiger partial charge on any atom is 0.230 e. The molecule has 1 aliphatic heterocycles. The van der Waals surface area contributed by atoms with E-state index in [1.807, 2.05) is 23.6 Å². The van der Waals surface area contributed by atoms with Crippen LogP contribution in [-0.2, 0) is 17.9 Å². The van der Waals surface area contributed by atoms with Gasteiger partial charge < -0.3 is 0 Å². The van der Waals surface area contributed by atoms with E-state index in [0.29, 0.717) is 11.7 Å². The van der Waals surface area contributed by atoms with Gasteiger partial charge in [0.05, 0.1) is 28.1 Å². The normalized spacial score (nSPS) is 15.1. The van der Waals surface area contributed by atoms with Gasteiger partial charge in [-0.2, -0.15) is 0 Å². The summed E-state index contributed by atoms with van der Waals surface area (Å²) in [6, 6.07) is 11.4. The number of para-hydroxylation sites is 1. The minimum atomic E-state index is -0.795. The number of piperazine rings is 1. The summed E-state index contributed by atoms with van der Waals surface area (Å²) >= 11 is 3.02. The summed E-state index contributed by atoms with van der Waals surface area (Å²) in [4.78, 5) is 27.5. The average molecular weight is 500 g/mol. The van der Waals surface area contributed by atoms with Crippen LogP contribution in [0.25, 0.3) is 10.2 Å². The number of hydrogen-bond acceptors (Lipinski definition) is 7. The molecule has 176 valence electrons. The van der Waals surface area contributed by atoms with E-state index in [9.17, 15) is 13.6 Å². The molecule has 0 atom stereocenters. The second kappa shape index (κ2) is 9.83. The van der Waals surface area contributed by atoms with Crippen molar-refractivity contribution in [3.63, 3.8) is 0 Å². The SMILES string of the molecule is CC(=O)N(c1nc(CN2CCN(Cc3nc4ccccc4s3)CC2)cs1)c1ccc(F)cc1F. The predicted molar refractivity (Wildman–Crippen MR) is 131 cm³/mol. The highest BCUT2D eigenvalue weighted by Gasteiger charge is 2.23. The van der Waals surface area contributed by atoms with Gasteiger partial charge in [-0.15, -0.1) is 22.7 Å². The number of carbonyl (C=O) groups excluding carboxylic acids is 1. The van der Waals surface area contributed by atoms with Gasteiger partial charge >= 0.3 is 0 Å². The molecule has 10 heteroatoms. The lowest BCUT2D eigenvalue weighted by molar-refractivity contribution is -0.115. The Kier molecular flexibility index (Phi) is 6.64. The van der Waals surface area contributed by atoms with Crippen molar-refractivity contribution < 1.29 is 13.6 Å². The summed E-state index contributed by atoms with van der Waals surface area (Å²) in [6.07, 6.45) is 0. The first-order valence-corrected chi connectivity index (χ1v) is 12.7. The first-order chi connectivity index (χ1) is 16.5. The molecule has 0 aliphatic carbocycles. The van der Waals surface area contributed by atoms with Crippen LogP contribution < -0.4 is 4.90 Å². The lowest BCUT2D eigenvalue weighted by Crippen LogP contribution is -2.45. The Morgan fingerprint density at radius 3 is 2.47 bits per heavy atom. The van der Waals surface area contributed by atoms with Gasteiger partial charge in [-0.3, -0.25) is 19.5 Å². The number of carbonyl (C=O) groups is 1. The zero-order valence-corrected chi connectivity index (χ0v) is 20.2. The van der Waals surface area contributed by atoms with E-state index in [1.165, 1.54) is 33.9 Å². The minimum Gasteiger partial charge on any atom is -0.295 e. The Hall–Kier alpha value is -2.79. The number of halogens is 2. The summed E-state index contributed by atoms with van der Waals surface area (Å²) in [5, 5.41) is 3.40. The second-order valence-corrected chi connectivity index (χ2v) is 10.2. The molecule has 0 radical (unpaired) electrons. The highest BCUT2D eigenvalue weighted by Crippen LogP contribution is 2.31. The molecule has 0 spiro atoms. The fourth-order valence-electron chi connectivity index (χ4n) is 4.06. The van der Waals surface area contributed by atoms with Crippen LogP contribution in [0.2, 0.25) is 0 Å². The third-order valence-corrected chi connectivity index (χ3v) is 7.64. The molecule has 5 rings (SSSR count). The van der Waals surface area contributed by atoms with Gasteiger partial charge in [-0.1, -0.05) is 12.1 Å². The van der Waals surface area contributed by atoms with Crippen LogP contribution in [0.15, 0.2) is 47.8 Å². The van der Waals surface area contributed by atoms with Crippen LogP contribution in [-0.4, -0.2) is 51.9 Å². The monoisotopic (exact) mass is 499 g/mol. The van der Waals surface area contributed by atoms with Crippen molar-refractivity contribution in [1.29, 1.82) is 0 Å². The van der Waals surface area contributed by atoms with Crippen LogP contribution in [0.5, 0.6) is 0 Å². The quantitative estimate of drug-likeness (QED) is 0.372. The number of thiazole rings is 2. The van der Waals surface area contributed by atoms with Crippen LogP contribution in [0.1, 0.15) is 17.6 Å². The topological polar surface area (TPSA) is 52.6 Å². The van der Waals surface area contributed by atoms with Crippen LogP contribution >= 0.6 is 22.7 Å². The summed E-state index contributed by atoms with van der Waals surface area (Å²) in [7, 11) is 0. The van der Waals surface area contributed by atoms with E-state index in [0.717, 1.165) is 61.1 Å². The Labute approximate surface area is 204 Å². The summed E-state index contributed by atoms with van der Waals surface area (Å²) < 4.78 is 28.8. The second-order valence-electron chi connectivity index (χ2n) is 8.20. The first-order valence-electron chi connectivity index (χ1n) is 11.0. The Balaban J connectivity index is 1.20. The molecule has 0 bridgehead atoms. The number of nitrogens with zero attached hydrogens (tertiary/aromatic N) is 5. The van der Waals surface area contributed by atoms with E-state index >= 15 is 0 Å². The molecule has 0 saturated carbocycles. The number of amides is 1. The predicted octanol–water partition coefficient (Wildman–Crippen LogP) is 5.03. The smallest absolute Gasteiger partial charge is 0.230 e. The summed E-state index contributed by atoms with van der Waals surface area (Å²) in [6.45, 7) is 6.53.